The largest absolute Gasteiger partial charge is 0.377 e. The summed E-state index contributed by atoms with van der Waals surface area (Å²) in [6, 6.07) is 4.75. The minimum Gasteiger partial charge on any atom is -0.377 e. The number of nitro benzene ring substituents is 1. The van der Waals surface area contributed by atoms with Gasteiger partial charge in [0.1, 0.15) is 5.02 Å². The van der Waals surface area contributed by atoms with Crippen LogP contribution in [0.15, 0.2) is 18.2 Å². The zero-order valence-electron chi connectivity index (χ0n) is 10.7. The molecule has 0 spiro atoms. The molecule has 0 unspecified atom stereocenters. The maximum atomic E-state index is 10.7. The van der Waals surface area contributed by atoms with Crippen molar-refractivity contribution >= 4 is 17.3 Å². The van der Waals surface area contributed by atoms with Crippen molar-refractivity contribution in [3.05, 3.63) is 38.9 Å². The van der Waals surface area contributed by atoms with Gasteiger partial charge in [-0.15, -0.1) is 0 Å². The van der Waals surface area contributed by atoms with Gasteiger partial charge in [0.2, 0.25) is 0 Å². The highest BCUT2D eigenvalue weighted by molar-refractivity contribution is 6.32. The lowest BCUT2D eigenvalue weighted by Crippen LogP contribution is -1.99. The van der Waals surface area contributed by atoms with Crippen LogP contribution in [0.5, 0.6) is 0 Å². The monoisotopic (exact) mass is 271 g/mol. The molecule has 0 N–H and O–H groups in total. The first-order chi connectivity index (χ1) is 8.50. The highest BCUT2D eigenvalue weighted by Crippen LogP contribution is 2.25. The fourth-order valence-electron chi connectivity index (χ4n) is 1.57. The second kappa shape index (κ2) is 7.34. The Morgan fingerprint density at radius 3 is 2.78 bits per heavy atom. The van der Waals surface area contributed by atoms with Gasteiger partial charge in [0, 0.05) is 12.7 Å². The molecule has 4 nitrogen and oxygen atoms in total. The van der Waals surface area contributed by atoms with E-state index in [1.54, 1.807) is 6.07 Å². The summed E-state index contributed by atoms with van der Waals surface area (Å²) in [5.41, 5.74) is 0.704. The molecule has 0 heterocycles. The molecule has 0 aliphatic carbocycles. The van der Waals surface area contributed by atoms with E-state index in [1.807, 2.05) is 0 Å². The summed E-state index contributed by atoms with van der Waals surface area (Å²) < 4.78 is 5.48. The molecule has 0 bridgehead atoms. The van der Waals surface area contributed by atoms with Crippen molar-refractivity contribution in [2.45, 2.75) is 33.3 Å². The van der Waals surface area contributed by atoms with Crippen molar-refractivity contribution in [1.82, 2.24) is 0 Å². The van der Waals surface area contributed by atoms with Gasteiger partial charge in [-0.05, 0) is 30.4 Å². The molecule has 5 heteroatoms. The third kappa shape index (κ3) is 5.02. The maximum absolute atomic E-state index is 10.7. The van der Waals surface area contributed by atoms with Crippen LogP contribution in [0.3, 0.4) is 0 Å². The number of hydrogen-bond acceptors (Lipinski definition) is 3. The predicted octanol–water partition coefficient (Wildman–Crippen LogP) is 4.20. The van der Waals surface area contributed by atoms with Gasteiger partial charge < -0.3 is 4.74 Å². The smallest absolute Gasteiger partial charge is 0.288 e. The summed E-state index contributed by atoms with van der Waals surface area (Å²) in [7, 11) is 0. The van der Waals surface area contributed by atoms with Crippen LogP contribution in [0, 0.1) is 16.0 Å². The van der Waals surface area contributed by atoms with Crippen LogP contribution in [0.4, 0.5) is 5.69 Å². The third-order valence-electron chi connectivity index (χ3n) is 2.55. The van der Waals surface area contributed by atoms with Gasteiger partial charge in [-0.1, -0.05) is 31.5 Å². The number of nitrogens with zero attached hydrogens (tertiary/aromatic N) is 1. The first-order valence-corrected chi connectivity index (χ1v) is 6.39. The first-order valence-electron chi connectivity index (χ1n) is 6.01. The zero-order chi connectivity index (χ0) is 13.5. The molecular weight excluding hydrogens is 254 g/mol. The van der Waals surface area contributed by atoms with Crippen LogP contribution in [-0.2, 0) is 11.3 Å². The molecule has 0 atom stereocenters. The Balaban J connectivity index is 2.43. The van der Waals surface area contributed by atoms with E-state index in [2.05, 4.69) is 13.8 Å². The predicted molar refractivity (Wildman–Crippen MR) is 71.8 cm³/mol. The lowest BCUT2D eigenvalue weighted by molar-refractivity contribution is -0.384. The van der Waals surface area contributed by atoms with E-state index in [1.165, 1.54) is 12.1 Å². The molecule has 0 saturated heterocycles. The quantitative estimate of drug-likeness (QED) is 0.424. The van der Waals surface area contributed by atoms with Crippen LogP contribution in [-0.4, -0.2) is 11.5 Å². The van der Waals surface area contributed by atoms with Crippen molar-refractivity contribution in [1.29, 1.82) is 0 Å². The second-order valence-electron chi connectivity index (χ2n) is 4.63. The Morgan fingerprint density at radius 2 is 2.17 bits per heavy atom. The van der Waals surface area contributed by atoms with Gasteiger partial charge in [-0.2, -0.15) is 0 Å². The SMILES string of the molecule is CC(C)CCCOCc1ccc(Cl)c([N+](=O)[O-])c1. The number of hydrogen-bond donors (Lipinski definition) is 0. The molecule has 100 valence electrons. The average Bonchev–Trinajstić information content (AvgIpc) is 2.30. The Kier molecular flexibility index (Phi) is 6.09. The van der Waals surface area contributed by atoms with Gasteiger partial charge >= 0.3 is 0 Å². The van der Waals surface area contributed by atoms with Gasteiger partial charge in [-0.3, -0.25) is 10.1 Å². The fourth-order valence-corrected chi connectivity index (χ4v) is 1.76. The van der Waals surface area contributed by atoms with Crippen LogP contribution < -0.4 is 0 Å². The minimum atomic E-state index is -0.482. The summed E-state index contributed by atoms with van der Waals surface area (Å²) in [5.74, 6) is 0.671. The Hall–Kier alpha value is -1.13. The van der Waals surface area contributed by atoms with Crippen molar-refractivity contribution in [2.75, 3.05) is 6.61 Å². The first kappa shape index (κ1) is 14.9. The maximum Gasteiger partial charge on any atom is 0.288 e. The highest BCUT2D eigenvalue weighted by atomic mass is 35.5. The second-order valence-corrected chi connectivity index (χ2v) is 5.04. The molecule has 1 aromatic rings. The van der Waals surface area contributed by atoms with E-state index < -0.39 is 4.92 Å². The molecule has 0 amide bonds. The minimum absolute atomic E-state index is 0.0695. The van der Waals surface area contributed by atoms with Gasteiger partial charge in [0.05, 0.1) is 11.5 Å². The molecule has 0 aliphatic rings. The van der Waals surface area contributed by atoms with E-state index in [0.717, 1.165) is 18.4 Å². The van der Waals surface area contributed by atoms with Crippen molar-refractivity contribution in [3.8, 4) is 0 Å². The molecule has 1 rings (SSSR count). The lowest BCUT2D eigenvalue weighted by atomic mass is 10.1. The molecule has 1 aromatic carbocycles. The van der Waals surface area contributed by atoms with Crippen LogP contribution in [0.25, 0.3) is 0 Å². The molecule has 18 heavy (non-hydrogen) atoms. The van der Waals surface area contributed by atoms with Crippen molar-refractivity contribution in [2.24, 2.45) is 5.92 Å². The van der Waals surface area contributed by atoms with E-state index in [4.69, 9.17) is 16.3 Å². The number of rotatable bonds is 7. The van der Waals surface area contributed by atoms with E-state index in [-0.39, 0.29) is 10.7 Å². The van der Waals surface area contributed by atoms with Gasteiger partial charge in [0.15, 0.2) is 0 Å². The normalized spacial score (nSPS) is 10.9. The number of halogens is 1. The highest BCUT2D eigenvalue weighted by Gasteiger charge is 2.12. The molecular formula is C13H18ClNO3. The van der Waals surface area contributed by atoms with Crippen LogP contribution in [0.1, 0.15) is 32.3 Å². The number of benzene rings is 1. The van der Waals surface area contributed by atoms with E-state index in [0.29, 0.717) is 19.1 Å². The van der Waals surface area contributed by atoms with Crippen LogP contribution in [0.2, 0.25) is 5.02 Å². The lowest BCUT2D eigenvalue weighted by Gasteiger charge is -2.06. The van der Waals surface area contributed by atoms with E-state index in [9.17, 15) is 10.1 Å². The molecule has 0 radical (unpaired) electrons. The summed E-state index contributed by atoms with van der Waals surface area (Å²) >= 11 is 5.73. The summed E-state index contributed by atoms with van der Waals surface area (Å²) in [5, 5.41) is 10.9. The summed E-state index contributed by atoms with van der Waals surface area (Å²) in [4.78, 5) is 10.2. The Morgan fingerprint density at radius 1 is 1.44 bits per heavy atom. The average molecular weight is 272 g/mol. The van der Waals surface area contributed by atoms with Crippen molar-refractivity contribution < 1.29 is 9.66 Å². The molecule has 0 fully saturated rings. The van der Waals surface area contributed by atoms with Gasteiger partial charge in [0.25, 0.3) is 5.69 Å². The van der Waals surface area contributed by atoms with E-state index >= 15 is 0 Å². The summed E-state index contributed by atoms with van der Waals surface area (Å²) in [6.45, 7) is 5.40. The van der Waals surface area contributed by atoms with Crippen LogP contribution >= 0.6 is 11.6 Å². The Labute approximate surface area is 112 Å². The fraction of sp³-hybridized carbons (Fsp3) is 0.538. The Bertz CT molecular complexity index is 407. The number of ether oxygens (including phenoxy) is 1. The topological polar surface area (TPSA) is 52.4 Å². The number of nitro groups is 1. The standard InChI is InChI=1S/C13H18ClNO3/c1-10(2)4-3-7-18-9-11-5-6-12(14)13(8-11)15(16)17/h5-6,8,10H,3-4,7,9H2,1-2H3. The van der Waals surface area contributed by atoms with Crippen molar-refractivity contribution in [3.63, 3.8) is 0 Å². The zero-order valence-corrected chi connectivity index (χ0v) is 11.4. The third-order valence-corrected chi connectivity index (χ3v) is 2.87. The summed E-state index contributed by atoms with van der Waals surface area (Å²) in [6.07, 6.45) is 2.13. The molecule has 0 saturated carbocycles. The molecule has 0 aliphatic heterocycles. The van der Waals surface area contributed by atoms with Gasteiger partial charge in [-0.25, -0.2) is 0 Å². The molecule has 0 aromatic heterocycles.